The summed E-state index contributed by atoms with van der Waals surface area (Å²) in [5.41, 5.74) is 1.73. The van der Waals surface area contributed by atoms with Gasteiger partial charge in [-0.1, -0.05) is 5.16 Å². The van der Waals surface area contributed by atoms with E-state index in [1.807, 2.05) is 13.1 Å². The lowest BCUT2D eigenvalue weighted by atomic mass is 10.1. The SMILES string of the molecule is CN1CC(NC(=O)c2ccc(C#N)cc2)CC1c1nc(-c2cncnc2)no1. The highest BCUT2D eigenvalue weighted by Gasteiger charge is 2.35. The van der Waals surface area contributed by atoms with Crippen LogP contribution in [0, 0.1) is 11.3 Å². The monoisotopic (exact) mass is 375 g/mol. The number of hydrogen-bond acceptors (Lipinski definition) is 8. The van der Waals surface area contributed by atoms with Gasteiger partial charge >= 0.3 is 0 Å². The van der Waals surface area contributed by atoms with Crippen LogP contribution in [0.2, 0.25) is 0 Å². The molecule has 3 heterocycles. The van der Waals surface area contributed by atoms with Crippen molar-refractivity contribution in [3.63, 3.8) is 0 Å². The molecule has 1 amide bonds. The van der Waals surface area contributed by atoms with Crippen molar-refractivity contribution in [1.29, 1.82) is 5.26 Å². The maximum atomic E-state index is 12.5. The van der Waals surface area contributed by atoms with Gasteiger partial charge in [0.2, 0.25) is 11.7 Å². The smallest absolute Gasteiger partial charge is 0.251 e. The number of benzene rings is 1. The van der Waals surface area contributed by atoms with Gasteiger partial charge in [-0.15, -0.1) is 0 Å². The van der Waals surface area contributed by atoms with Gasteiger partial charge in [0, 0.05) is 30.5 Å². The average Bonchev–Trinajstić information content (AvgIpc) is 3.35. The van der Waals surface area contributed by atoms with Crippen LogP contribution in [0.5, 0.6) is 0 Å². The summed E-state index contributed by atoms with van der Waals surface area (Å²) in [7, 11) is 1.95. The first-order valence-electron chi connectivity index (χ1n) is 8.74. The molecular weight excluding hydrogens is 358 g/mol. The molecule has 9 heteroatoms. The molecule has 1 aliphatic rings. The minimum absolute atomic E-state index is 0.0476. The van der Waals surface area contributed by atoms with Gasteiger partial charge in [0.25, 0.3) is 5.91 Å². The number of likely N-dealkylation sites (tertiary alicyclic amines) is 1. The zero-order valence-electron chi connectivity index (χ0n) is 15.1. The molecule has 1 fully saturated rings. The molecular formula is C19H17N7O2. The summed E-state index contributed by atoms with van der Waals surface area (Å²) in [5, 5.41) is 15.9. The van der Waals surface area contributed by atoms with Crippen LogP contribution in [0.15, 0.2) is 47.5 Å². The second kappa shape index (κ2) is 7.54. The third kappa shape index (κ3) is 3.58. The Bertz CT molecular complexity index is 1010. The molecule has 0 spiro atoms. The molecule has 9 nitrogen and oxygen atoms in total. The van der Waals surface area contributed by atoms with Gasteiger partial charge in [-0.05, 0) is 37.7 Å². The molecule has 1 saturated heterocycles. The highest BCUT2D eigenvalue weighted by atomic mass is 16.5. The van der Waals surface area contributed by atoms with Crippen molar-refractivity contribution in [2.75, 3.05) is 13.6 Å². The van der Waals surface area contributed by atoms with E-state index in [0.29, 0.717) is 41.4 Å². The zero-order valence-corrected chi connectivity index (χ0v) is 15.1. The van der Waals surface area contributed by atoms with Crippen molar-refractivity contribution >= 4 is 5.91 Å². The van der Waals surface area contributed by atoms with Gasteiger partial charge in [0.05, 0.1) is 23.2 Å². The topological polar surface area (TPSA) is 121 Å². The number of nitriles is 1. The first-order chi connectivity index (χ1) is 13.6. The second-order valence-corrected chi connectivity index (χ2v) is 6.63. The van der Waals surface area contributed by atoms with E-state index in [1.165, 1.54) is 6.33 Å². The number of carbonyl (C=O) groups is 1. The summed E-state index contributed by atoms with van der Waals surface area (Å²) in [6, 6.07) is 8.47. The third-order valence-corrected chi connectivity index (χ3v) is 4.71. The summed E-state index contributed by atoms with van der Waals surface area (Å²) in [6.07, 6.45) is 5.35. The highest BCUT2D eigenvalue weighted by molar-refractivity contribution is 5.94. The standard InChI is InChI=1S/C19H17N7O2/c1-26-10-15(23-18(27)13-4-2-12(7-20)3-5-13)6-16(26)19-24-17(25-28-19)14-8-21-11-22-9-14/h2-5,8-9,11,15-16H,6,10H2,1H3,(H,23,27). The number of likely N-dealkylation sites (N-methyl/N-ethyl adjacent to an activating group) is 1. The maximum absolute atomic E-state index is 12.5. The van der Waals surface area contributed by atoms with Crippen LogP contribution < -0.4 is 5.32 Å². The molecule has 1 aliphatic heterocycles. The summed E-state index contributed by atoms with van der Waals surface area (Å²) in [4.78, 5) is 26.9. The van der Waals surface area contributed by atoms with Crippen LogP contribution in [-0.2, 0) is 0 Å². The van der Waals surface area contributed by atoms with Crippen LogP contribution in [-0.4, -0.2) is 50.5 Å². The van der Waals surface area contributed by atoms with Crippen LogP contribution in [0.4, 0.5) is 0 Å². The molecule has 28 heavy (non-hydrogen) atoms. The second-order valence-electron chi connectivity index (χ2n) is 6.63. The molecule has 140 valence electrons. The Morgan fingerprint density at radius 3 is 2.75 bits per heavy atom. The van der Waals surface area contributed by atoms with Crippen molar-refractivity contribution in [3.05, 3.63) is 60.0 Å². The highest BCUT2D eigenvalue weighted by Crippen LogP contribution is 2.30. The largest absolute Gasteiger partial charge is 0.348 e. The van der Waals surface area contributed by atoms with E-state index < -0.39 is 0 Å². The Balaban J connectivity index is 1.42. The molecule has 0 aliphatic carbocycles. The Morgan fingerprint density at radius 2 is 2.04 bits per heavy atom. The van der Waals surface area contributed by atoms with Crippen molar-refractivity contribution in [1.82, 2.24) is 30.3 Å². The lowest BCUT2D eigenvalue weighted by molar-refractivity contribution is 0.0938. The van der Waals surface area contributed by atoms with E-state index in [1.54, 1.807) is 36.7 Å². The number of nitrogens with zero attached hydrogens (tertiary/aromatic N) is 6. The van der Waals surface area contributed by atoms with Crippen LogP contribution >= 0.6 is 0 Å². The van der Waals surface area contributed by atoms with Crippen molar-refractivity contribution < 1.29 is 9.32 Å². The van der Waals surface area contributed by atoms with Crippen LogP contribution in [0.25, 0.3) is 11.4 Å². The van der Waals surface area contributed by atoms with Crippen LogP contribution in [0.3, 0.4) is 0 Å². The number of amides is 1. The van der Waals surface area contributed by atoms with Gasteiger partial charge in [-0.2, -0.15) is 10.2 Å². The fourth-order valence-electron chi connectivity index (χ4n) is 3.26. The van der Waals surface area contributed by atoms with Gasteiger partial charge in [0.1, 0.15) is 6.33 Å². The average molecular weight is 375 g/mol. The molecule has 1 aromatic carbocycles. The third-order valence-electron chi connectivity index (χ3n) is 4.71. The summed E-state index contributed by atoms with van der Waals surface area (Å²) >= 11 is 0. The predicted molar refractivity (Wildman–Crippen MR) is 97.7 cm³/mol. The lowest BCUT2D eigenvalue weighted by Gasteiger charge is -2.14. The molecule has 3 aromatic rings. The number of rotatable bonds is 4. The van der Waals surface area contributed by atoms with Gasteiger partial charge in [0.15, 0.2) is 0 Å². The van der Waals surface area contributed by atoms with Gasteiger partial charge in [-0.3, -0.25) is 9.69 Å². The Hall–Kier alpha value is -3.64. The van der Waals surface area contributed by atoms with Gasteiger partial charge in [-0.25, -0.2) is 9.97 Å². The van der Waals surface area contributed by atoms with E-state index >= 15 is 0 Å². The van der Waals surface area contributed by atoms with E-state index in [2.05, 4.69) is 30.3 Å². The van der Waals surface area contributed by atoms with Crippen molar-refractivity contribution in [2.45, 2.75) is 18.5 Å². The Kier molecular flexibility index (Phi) is 4.78. The fraction of sp³-hybridized carbons (Fsp3) is 0.263. The molecule has 2 atom stereocenters. The van der Waals surface area contributed by atoms with E-state index in [-0.39, 0.29) is 18.0 Å². The molecule has 0 saturated carbocycles. The lowest BCUT2D eigenvalue weighted by Crippen LogP contribution is -2.36. The van der Waals surface area contributed by atoms with Crippen molar-refractivity contribution in [3.8, 4) is 17.5 Å². The molecule has 2 aromatic heterocycles. The summed E-state index contributed by atoms with van der Waals surface area (Å²) in [6.45, 7) is 0.666. The Morgan fingerprint density at radius 1 is 1.29 bits per heavy atom. The van der Waals surface area contributed by atoms with Crippen LogP contribution in [0.1, 0.15) is 34.3 Å². The quantitative estimate of drug-likeness (QED) is 0.729. The fourth-order valence-corrected chi connectivity index (χ4v) is 3.26. The van der Waals surface area contributed by atoms with E-state index in [9.17, 15) is 4.79 Å². The molecule has 1 N–H and O–H groups in total. The first kappa shape index (κ1) is 17.8. The molecule has 2 unspecified atom stereocenters. The predicted octanol–water partition coefficient (Wildman–Crippen LogP) is 1.57. The first-order valence-corrected chi connectivity index (χ1v) is 8.74. The maximum Gasteiger partial charge on any atom is 0.251 e. The number of nitrogens with one attached hydrogen (secondary N) is 1. The normalized spacial score (nSPS) is 19.3. The van der Waals surface area contributed by atoms with Gasteiger partial charge < -0.3 is 9.84 Å². The molecule has 0 bridgehead atoms. The minimum Gasteiger partial charge on any atom is -0.348 e. The Labute approximate surface area is 161 Å². The summed E-state index contributed by atoms with van der Waals surface area (Å²) < 4.78 is 5.44. The molecule has 0 radical (unpaired) electrons. The zero-order chi connectivity index (χ0) is 19.5. The van der Waals surface area contributed by atoms with Crippen molar-refractivity contribution in [2.24, 2.45) is 0 Å². The van der Waals surface area contributed by atoms with E-state index in [0.717, 1.165) is 0 Å². The number of hydrogen-bond donors (Lipinski definition) is 1. The minimum atomic E-state index is -0.170. The number of carbonyl (C=O) groups excluding carboxylic acids is 1. The summed E-state index contributed by atoms with van der Waals surface area (Å²) in [5.74, 6) is 0.765. The molecule has 4 rings (SSSR count). The van der Waals surface area contributed by atoms with E-state index in [4.69, 9.17) is 9.78 Å². The number of aromatic nitrogens is 4.